The largest absolute Gasteiger partial charge is 0.485 e. The summed E-state index contributed by atoms with van der Waals surface area (Å²) in [4.78, 5) is 9.06. The van der Waals surface area contributed by atoms with Crippen molar-refractivity contribution < 1.29 is 4.74 Å². The second-order valence-corrected chi connectivity index (χ2v) is 6.85. The number of nitrogens with zero attached hydrogens (tertiary/aromatic N) is 3. The molecule has 4 heteroatoms. The number of fused-ring (bicyclic) bond motifs is 3. The Kier molecular flexibility index (Phi) is 4.02. The molecule has 0 saturated heterocycles. The third-order valence-electron chi connectivity index (χ3n) is 4.92. The van der Waals surface area contributed by atoms with Crippen molar-refractivity contribution in [1.29, 1.82) is 0 Å². The molecule has 0 spiro atoms. The topological polar surface area (TPSA) is 39.4 Å². The van der Waals surface area contributed by atoms with E-state index in [4.69, 9.17) is 9.72 Å². The highest BCUT2D eigenvalue weighted by molar-refractivity contribution is 6.00. The highest BCUT2D eigenvalue weighted by Crippen LogP contribution is 2.32. The lowest BCUT2D eigenvalue weighted by atomic mass is 10.1. The van der Waals surface area contributed by atoms with Crippen molar-refractivity contribution in [2.75, 3.05) is 0 Å². The Bertz CT molecular complexity index is 1260. The van der Waals surface area contributed by atoms with Crippen LogP contribution < -0.4 is 4.74 Å². The fourth-order valence-electron chi connectivity index (χ4n) is 3.47. The molecule has 0 amide bonds. The Balaban J connectivity index is 1.65. The number of rotatable bonds is 4. The van der Waals surface area contributed by atoms with Gasteiger partial charge in [0.1, 0.15) is 18.2 Å². The van der Waals surface area contributed by atoms with Crippen LogP contribution in [0.5, 0.6) is 5.75 Å². The van der Waals surface area contributed by atoms with E-state index in [-0.39, 0.29) is 0 Å². The van der Waals surface area contributed by atoms with E-state index in [9.17, 15) is 0 Å². The molecule has 3 heterocycles. The lowest BCUT2D eigenvalue weighted by Crippen LogP contribution is -2.00. The van der Waals surface area contributed by atoms with E-state index in [1.54, 1.807) is 6.20 Å². The van der Waals surface area contributed by atoms with Crippen LogP contribution in [0.1, 0.15) is 11.3 Å². The number of benzene rings is 2. The SMILES string of the molecule is Cc1ccc(-c2ncc3c4ccccc4c(OCc4ccccn4)cn23)cc1. The summed E-state index contributed by atoms with van der Waals surface area (Å²) >= 11 is 0. The summed E-state index contributed by atoms with van der Waals surface area (Å²) in [6.45, 7) is 2.51. The maximum Gasteiger partial charge on any atom is 0.144 e. The second kappa shape index (κ2) is 6.82. The van der Waals surface area contributed by atoms with Gasteiger partial charge in [0.05, 0.1) is 23.6 Å². The van der Waals surface area contributed by atoms with Crippen LogP contribution in [0.3, 0.4) is 0 Å². The predicted octanol–water partition coefficient (Wildman–Crippen LogP) is 5.44. The number of ether oxygens (including phenoxy) is 1. The molecular formula is C24H19N3O. The van der Waals surface area contributed by atoms with Crippen molar-refractivity contribution in [3.05, 3.63) is 96.6 Å². The summed E-state index contributed by atoms with van der Waals surface area (Å²) in [5.41, 5.74) is 4.28. The summed E-state index contributed by atoms with van der Waals surface area (Å²) < 4.78 is 8.29. The minimum atomic E-state index is 0.422. The van der Waals surface area contributed by atoms with Crippen molar-refractivity contribution in [2.24, 2.45) is 0 Å². The van der Waals surface area contributed by atoms with Gasteiger partial charge in [-0.2, -0.15) is 0 Å². The highest BCUT2D eigenvalue weighted by atomic mass is 16.5. The Morgan fingerprint density at radius 1 is 0.857 bits per heavy atom. The quantitative estimate of drug-likeness (QED) is 0.426. The minimum absolute atomic E-state index is 0.422. The molecule has 0 aliphatic carbocycles. The molecule has 28 heavy (non-hydrogen) atoms. The molecule has 0 fully saturated rings. The summed E-state index contributed by atoms with van der Waals surface area (Å²) in [5, 5.41) is 2.19. The first-order chi connectivity index (χ1) is 13.8. The lowest BCUT2D eigenvalue weighted by molar-refractivity contribution is 0.303. The van der Waals surface area contributed by atoms with E-state index in [0.29, 0.717) is 6.61 Å². The number of hydrogen-bond donors (Lipinski definition) is 0. The van der Waals surface area contributed by atoms with Crippen LogP contribution >= 0.6 is 0 Å². The van der Waals surface area contributed by atoms with Gasteiger partial charge in [-0.25, -0.2) is 4.98 Å². The van der Waals surface area contributed by atoms with Crippen LogP contribution in [0.4, 0.5) is 0 Å². The second-order valence-electron chi connectivity index (χ2n) is 6.85. The first kappa shape index (κ1) is 16.5. The predicted molar refractivity (Wildman–Crippen MR) is 111 cm³/mol. The van der Waals surface area contributed by atoms with Gasteiger partial charge in [0, 0.05) is 22.5 Å². The van der Waals surface area contributed by atoms with Gasteiger partial charge in [0.15, 0.2) is 0 Å². The van der Waals surface area contributed by atoms with Crippen LogP contribution in [-0.2, 0) is 6.61 Å². The van der Waals surface area contributed by atoms with Gasteiger partial charge < -0.3 is 4.74 Å². The van der Waals surface area contributed by atoms with Gasteiger partial charge in [0.2, 0.25) is 0 Å². The molecule has 136 valence electrons. The van der Waals surface area contributed by atoms with Gasteiger partial charge in [-0.3, -0.25) is 9.38 Å². The van der Waals surface area contributed by atoms with Crippen molar-refractivity contribution >= 4 is 16.3 Å². The molecule has 0 saturated carbocycles. The first-order valence-corrected chi connectivity index (χ1v) is 9.28. The standard InChI is InChI=1S/C24H19N3O/c1-17-9-11-18(12-10-17)24-26-14-22-20-7-2-3-8-21(20)23(15-27(22)24)28-16-19-6-4-5-13-25-19/h2-15H,16H2,1H3. The molecule has 0 atom stereocenters. The van der Waals surface area contributed by atoms with Gasteiger partial charge in [0.25, 0.3) is 0 Å². The van der Waals surface area contributed by atoms with Gasteiger partial charge in [-0.05, 0) is 19.1 Å². The Morgan fingerprint density at radius 3 is 2.43 bits per heavy atom. The first-order valence-electron chi connectivity index (χ1n) is 9.28. The Hall–Kier alpha value is -3.66. The molecule has 3 aromatic heterocycles. The fourth-order valence-corrected chi connectivity index (χ4v) is 3.47. The molecule has 0 N–H and O–H groups in total. The minimum Gasteiger partial charge on any atom is -0.485 e. The summed E-state index contributed by atoms with van der Waals surface area (Å²) in [7, 11) is 0. The Labute approximate surface area is 163 Å². The average molecular weight is 365 g/mol. The van der Waals surface area contributed by atoms with Crippen LogP contribution in [0.2, 0.25) is 0 Å². The molecule has 0 aliphatic heterocycles. The number of pyridine rings is 2. The van der Waals surface area contributed by atoms with E-state index < -0.39 is 0 Å². The smallest absolute Gasteiger partial charge is 0.144 e. The molecule has 2 aromatic carbocycles. The van der Waals surface area contributed by atoms with Crippen molar-refractivity contribution in [3.8, 4) is 17.1 Å². The number of imidazole rings is 1. The van der Waals surface area contributed by atoms with Crippen molar-refractivity contribution in [2.45, 2.75) is 13.5 Å². The van der Waals surface area contributed by atoms with Gasteiger partial charge in [-0.1, -0.05) is 60.2 Å². The van der Waals surface area contributed by atoms with Crippen molar-refractivity contribution in [3.63, 3.8) is 0 Å². The van der Waals surface area contributed by atoms with Crippen LogP contribution in [0.25, 0.3) is 27.7 Å². The zero-order valence-electron chi connectivity index (χ0n) is 15.5. The number of hydrogen-bond acceptors (Lipinski definition) is 3. The lowest BCUT2D eigenvalue weighted by Gasteiger charge is -2.12. The summed E-state index contributed by atoms with van der Waals surface area (Å²) in [5.74, 6) is 1.73. The van der Waals surface area contributed by atoms with Gasteiger partial charge >= 0.3 is 0 Å². The number of aromatic nitrogens is 3. The highest BCUT2D eigenvalue weighted by Gasteiger charge is 2.13. The normalized spacial score (nSPS) is 11.2. The zero-order valence-corrected chi connectivity index (χ0v) is 15.5. The van der Waals surface area contributed by atoms with Crippen LogP contribution in [-0.4, -0.2) is 14.4 Å². The fraction of sp³-hybridized carbons (Fsp3) is 0.0833. The molecule has 0 radical (unpaired) electrons. The average Bonchev–Trinajstić information content (AvgIpc) is 3.17. The molecule has 5 rings (SSSR count). The van der Waals surface area contributed by atoms with Crippen molar-refractivity contribution in [1.82, 2.24) is 14.4 Å². The van der Waals surface area contributed by atoms with Crippen LogP contribution in [0.15, 0.2) is 85.3 Å². The molecule has 0 unspecified atom stereocenters. The number of aryl methyl sites for hydroxylation is 1. The monoisotopic (exact) mass is 365 g/mol. The van der Waals surface area contributed by atoms with E-state index >= 15 is 0 Å². The summed E-state index contributed by atoms with van der Waals surface area (Å²) in [6.07, 6.45) is 5.74. The van der Waals surface area contributed by atoms with E-state index in [1.165, 1.54) is 5.56 Å². The van der Waals surface area contributed by atoms with E-state index in [1.807, 2.05) is 42.7 Å². The molecule has 0 bridgehead atoms. The zero-order chi connectivity index (χ0) is 18.9. The molecular weight excluding hydrogens is 346 g/mol. The third-order valence-corrected chi connectivity index (χ3v) is 4.92. The molecule has 0 aliphatic rings. The Morgan fingerprint density at radius 2 is 1.64 bits per heavy atom. The summed E-state index contributed by atoms with van der Waals surface area (Å²) in [6, 6.07) is 22.5. The van der Waals surface area contributed by atoms with Crippen LogP contribution in [0, 0.1) is 6.92 Å². The third kappa shape index (κ3) is 2.89. The van der Waals surface area contributed by atoms with Gasteiger partial charge in [-0.15, -0.1) is 0 Å². The molecule has 4 nitrogen and oxygen atoms in total. The maximum absolute atomic E-state index is 6.18. The van der Waals surface area contributed by atoms with E-state index in [0.717, 1.165) is 39.1 Å². The maximum atomic E-state index is 6.18. The van der Waals surface area contributed by atoms with E-state index in [2.05, 4.69) is 52.7 Å². The molecule has 5 aromatic rings.